The Morgan fingerprint density at radius 1 is 0.710 bits per heavy atom. The predicted molar refractivity (Wildman–Crippen MR) is 117 cm³/mol. The molecule has 6 heteroatoms. The van der Waals surface area contributed by atoms with Gasteiger partial charge in [0, 0.05) is 26.1 Å². The number of hydrazine groups is 1. The second-order valence-corrected chi connectivity index (χ2v) is 7.42. The highest BCUT2D eigenvalue weighted by molar-refractivity contribution is 6.21. The van der Waals surface area contributed by atoms with E-state index < -0.39 is 0 Å². The Hall–Kier alpha value is -3.77. The van der Waals surface area contributed by atoms with Gasteiger partial charge in [-0.25, -0.2) is 5.01 Å². The van der Waals surface area contributed by atoms with Gasteiger partial charge in [0.1, 0.15) is 0 Å². The first-order chi connectivity index (χ1) is 15.1. The van der Waals surface area contributed by atoms with E-state index in [1.54, 1.807) is 24.3 Å². The van der Waals surface area contributed by atoms with E-state index in [9.17, 15) is 14.4 Å². The van der Waals surface area contributed by atoms with Crippen molar-refractivity contribution < 1.29 is 14.4 Å². The molecule has 0 radical (unpaired) electrons. The van der Waals surface area contributed by atoms with E-state index in [-0.39, 0.29) is 30.7 Å². The summed E-state index contributed by atoms with van der Waals surface area (Å²) >= 11 is 0. The van der Waals surface area contributed by atoms with Crippen molar-refractivity contribution in [2.24, 2.45) is 0 Å². The first-order valence-electron chi connectivity index (χ1n) is 10.2. The molecule has 1 N–H and O–H groups in total. The second kappa shape index (κ2) is 9.36. The van der Waals surface area contributed by atoms with Gasteiger partial charge in [-0.2, -0.15) is 0 Å². The number of imide groups is 1. The Labute approximate surface area is 181 Å². The van der Waals surface area contributed by atoms with E-state index in [4.69, 9.17) is 0 Å². The smallest absolute Gasteiger partial charge is 0.261 e. The zero-order chi connectivity index (χ0) is 21.6. The van der Waals surface area contributed by atoms with Crippen molar-refractivity contribution in [3.8, 4) is 0 Å². The molecule has 3 aromatic rings. The third-order valence-electron chi connectivity index (χ3n) is 5.16. The van der Waals surface area contributed by atoms with Crippen LogP contribution in [0.15, 0.2) is 84.9 Å². The van der Waals surface area contributed by atoms with Crippen LogP contribution >= 0.6 is 0 Å². The fourth-order valence-corrected chi connectivity index (χ4v) is 3.63. The molecule has 0 aliphatic carbocycles. The molecule has 156 valence electrons. The summed E-state index contributed by atoms with van der Waals surface area (Å²) in [5.41, 5.74) is 5.85. The van der Waals surface area contributed by atoms with Crippen LogP contribution in [-0.2, 0) is 17.9 Å². The molecular weight excluding hydrogens is 390 g/mol. The van der Waals surface area contributed by atoms with Gasteiger partial charge in [-0.15, -0.1) is 0 Å². The largest absolute Gasteiger partial charge is 0.288 e. The molecule has 6 nitrogen and oxygen atoms in total. The lowest BCUT2D eigenvalue weighted by molar-refractivity contribution is -0.126. The number of rotatable bonds is 8. The summed E-state index contributed by atoms with van der Waals surface area (Å²) in [7, 11) is 0. The van der Waals surface area contributed by atoms with Crippen LogP contribution in [-0.4, -0.2) is 34.2 Å². The van der Waals surface area contributed by atoms with Gasteiger partial charge >= 0.3 is 0 Å². The number of hydrogen-bond donors (Lipinski definition) is 1. The zero-order valence-corrected chi connectivity index (χ0v) is 17.0. The van der Waals surface area contributed by atoms with Gasteiger partial charge in [0.2, 0.25) is 5.91 Å². The van der Waals surface area contributed by atoms with Crippen LogP contribution < -0.4 is 5.43 Å². The summed E-state index contributed by atoms with van der Waals surface area (Å²) in [5, 5.41) is 1.84. The molecule has 1 heterocycles. The first kappa shape index (κ1) is 20.5. The van der Waals surface area contributed by atoms with Gasteiger partial charge in [0.15, 0.2) is 0 Å². The van der Waals surface area contributed by atoms with Crippen molar-refractivity contribution in [1.82, 2.24) is 15.3 Å². The molecule has 0 fully saturated rings. The number of benzene rings is 3. The monoisotopic (exact) mass is 413 g/mol. The summed E-state index contributed by atoms with van der Waals surface area (Å²) in [6, 6.07) is 26.5. The summed E-state index contributed by atoms with van der Waals surface area (Å²) in [4.78, 5) is 38.8. The zero-order valence-electron chi connectivity index (χ0n) is 17.0. The maximum Gasteiger partial charge on any atom is 0.261 e. The Kier molecular flexibility index (Phi) is 6.19. The topological polar surface area (TPSA) is 69.7 Å². The van der Waals surface area contributed by atoms with E-state index >= 15 is 0 Å². The molecule has 0 saturated carbocycles. The Bertz CT molecular complexity index is 1010. The highest BCUT2D eigenvalue weighted by Crippen LogP contribution is 2.22. The molecule has 3 aromatic carbocycles. The predicted octanol–water partition coefficient (Wildman–Crippen LogP) is 3.41. The number of amides is 3. The molecule has 0 saturated heterocycles. The van der Waals surface area contributed by atoms with E-state index in [1.165, 1.54) is 0 Å². The number of carbonyl (C=O) groups excluding carboxylic acids is 3. The van der Waals surface area contributed by atoms with Gasteiger partial charge in [0.05, 0.1) is 11.1 Å². The molecule has 31 heavy (non-hydrogen) atoms. The number of carbonyl (C=O) groups is 3. The average molecular weight is 413 g/mol. The lowest BCUT2D eigenvalue weighted by Crippen LogP contribution is -2.43. The molecule has 0 bridgehead atoms. The number of nitrogens with zero attached hydrogens (tertiary/aromatic N) is 2. The van der Waals surface area contributed by atoms with E-state index in [0.717, 1.165) is 16.0 Å². The molecular formula is C25H23N3O3. The standard InChI is InChI=1S/C25H23N3O3/c29-23(15-16-28-24(30)21-13-7-8-14-22(21)25(28)31)26-27(17-19-9-3-1-4-10-19)18-20-11-5-2-6-12-20/h1-14H,15-18H2,(H,26,29). The summed E-state index contributed by atoms with van der Waals surface area (Å²) in [5.74, 6) is -0.943. The molecule has 0 spiro atoms. The fourth-order valence-electron chi connectivity index (χ4n) is 3.63. The summed E-state index contributed by atoms with van der Waals surface area (Å²) in [6.45, 7) is 1.12. The molecule has 4 rings (SSSR count). The van der Waals surface area contributed by atoms with E-state index in [2.05, 4.69) is 5.43 Å². The molecule has 1 aliphatic heterocycles. The number of nitrogens with one attached hydrogen (secondary N) is 1. The molecule has 1 aliphatic rings. The van der Waals surface area contributed by atoms with Crippen LogP contribution in [0.2, 0.25) is 0 Å². The van der Waals surface area contributed by atoms with Crippen molar-refractivity contribution in [2.75, 3.05) is 6.54 Å². The highest BCUT2D eigenvalue weighted by Gasteiger charge is 2.35. The number of fused-ring (bicyclic) bond motifs is 1. The van der Waals surface area contributed by atoms with Crippen molar-refractivity contribution in [3.05, 3.63) is 107 Å². The van der Waals surface area contributed by atoms with Crippen LogP contribution in [0.4, 0.5) is 0 Å². The minimum absolute atomic E-state index is 0.0333. The van der Waals surface area contributed by atoms with Crippen molar-refractivity contribution in [1.29, 1.82) is 0 Å². The molecule has 0 aromatic heterocycles. The third kappa shape index (κ3) is 4.87. The Morgan fingerprint density at radius 2 is 1.16 bits per heavy atom. The summed E-state index contributed by atoms with van der Waals surface area (Å²) in [6.07, 6.45) is 0.0333. The Balaban J connectivity index is 1.39. The van der Waals surface area contributed by atoms with Gasteiger partial charge < -0.3 is 0 Å². The van der Waals surface area contributed by atoms with Crippen LogP contribution in [0.5, 0.6) is 0 Å². The Morgan fingerprint density at radius 3 is 1.65 bits per heavy atom. The third-order valence-corrected chi connectivity index (χ3v) is 5.16. The average Bonchev–Trinajstić information content (AvgIpc) is 3.04. The fraction of sp³-hybridized carbons (Fsp3) is 0.160. The van der Waals surface area contributed by atoms with E-state index in [1.807, 2.05) is 65.7 Å². The van der Waals surface area contributed by atoms with Crippen LogP contribution in [0, 0.1) is 0 Å². The first-order valence-corrected chi connectivity index (χ1v) is 10.2. The maximum absolute atomic E-state index is 12.7. The van der Waals surface area contributed by atoms with Gasteiger partial charge in [-0.3, -0.25) is 24.7 Å². The lowest BCUT2D eigenvalue weighted by atomic mass is 10.1. The van der Waals surface area contributed by atoms with Gasteiger partial charge in [0.25, 0.3) is 11.8 Å². The minimum atomic E-state index is -0.348. The van der Waals surface area contributed by atoms with Crippen molar-refractivity contribution in [3.63, 3.8) is 0 Å². The maximum atomic E-state index is 12.7. The molecule has 3 amide bonds. The molecule has 0 atom stereocenters. The quantitative estimate of drug-likeness (QED) is 0.454. The summed E-state index contributed by atoms with van der Waals surface area (Å²) < 4.78 is 0. The van der Waals surface area contributed by atoms with Gasteiger partial charge in [-0.05, 0) is 23.3 Å². The SMILES string of the molecule is O=C(CCN1C(=O)c2ccccc2C1=O)NN(Cc1ccccc1)Cc1ccccc1. The normalized spacial score (nSPS) is 12.9. The highest BCUT2D eigenvalue weighted by atomic mass is 16.2. The van der Waals surface area contributed by atoms with E-state index in [0.29, 0.717) is 24.2 Å². The van der Waals surface area contributed by atoms with Crippen LogP contribution in [0.3, 0.4) is 0 Å². The van der Waals surface area contributed by atoms with Crippen molar-refractivity contribution >= 4 is 17.7 Å². The van der Waals surface area contributed by atoms with Gasteiger partial charge in [-0.1, -0.05) is 72.8 Å². The second-order valence-electron chi connectivity index (χ2n) is 7.42. The number of hydrogen-bond acceptors (Lipinski definition) is 4. The molecule has 0 unspecified atom stereocenters. The van der Waals surface area contributed by atoms with Crippen LogP contribution in [0.25, 0.3) is 0 Å². The minimum Gasteiger partial charge on any atom is -0.288 e. The van der Waals surface area contributed by atoms with Crippen molar-refractivity contribution in [2.45, 2.75) is 19.5 Å². The van der Waals surface area contributed by atoms with Crippen LogP contribution in [0.1, 0.15) is 38.3 Å². The lowest BCUT2D eigenvalue weighted by Gasteiger charge is -2.24.